The lowest BCUT2D eigenvalue weighted by Crippen LogP contribution is -2.16. The zero-order valence-electron chi connectivity index (χ0n) is 15.0. The van der Waals surface area contributed by atoms with Crippen molar-refractivity contribution in [3.63, 3.8) is 0 Å². The normalized spacial score (nSPS) is 11.0. The van der Waals surface area contributed by atoms with Crippen molar-refractivity contribution in [3.05, 3.63) is 30.1 Å². The van der Waals surface area contributed by atoms with E-state index in [1.54, 1.807) is 31.1 Å². The molecule has 0 unspecified atom stereocenters. The number of aromatic nitrogens is 6. The zero-order valence-corrected chi connectivity index (χ0v) is 15.8. The van der Waals surface area contributed by atoms with Gasteiger partial charge in [0.15, 0.2) is 5.82 Å². The summed E-state index contributed by atoms with van der Waals surface area (Å²) in [4.78, 5) is 14.2. The van der Waals surface area contributed by atoms with Gasteiger partial charge >= 0.3 is 6.61 Å². The smallest absolute Gasteiger partial charge is 0.387 e. The number of ether oxygens (including phenoxy) is 1. The standard InChI is InChI=1S/C15H17F2N9OS/c1-25(2)14-21-10(20-13(18)22-14)7-28-15-24-23-11(26(15)19)8-3-5-9(6-4-8)27-12(16)17/h3-6,12H,7,19H2,1-2H3,(H2,18,20,21,22). The Kier molecular flexibility index (Phi) is 5.73. The average molecular weight is 409 g/mol. The Balaban J connectivity index is 1.73. The molecule has 2 heterocycles. The van der Waals surface area contributed by atoms with Crippen LogP contribution in [0.3, 0.4) is 0 Å². The van der Waals surface area contributed by atoms with Crippen LogP contribution in [0.5, 0.6) is 5.75 Å². The molecular weight excluding hydrogens is 392 g/mol. The third-order valence-corrected chi connectivity index (χ3v) is 4.36. The van der Waals surface area contributed by atoms with E-state index in [-0.39, 0.29) is 11.7 Å². The van der Waals surface area contributed by atoms with E-state index in [4.69, 9.17) is 11.6 Å². The Morgan fingerprint density at radius 1 is 1.14 bits per heavy atom. The van der Waals surface area contributed by atoms with Gasteiger partial charge in [0.05, 0.1) is 5.75 Å². The summed E-state index contributed by atoms with van der Waals surface area (Å²) in [5.74, 6) is 7.86. The zero-order chi connectivity index (χ0) is 20.3. The van der Waals surface area contributed by atoms with E-state index in [2.05, 4.69) is 29.9 Å². The molecule has 28 heavy (non-hydrogen) atoms. The van der Waals surface area contributed by atoms with Crippen LogP contribution >= 0.6 is 11.8 Å². The maximum Gasteiger partial charge on any atom is 0.387 e. The summed E-state index contributed by atoms with van der Waals surface area (Å²) in [6.07, 6.45) is 0. The molecule has 0 amide bonds. The fourth-order valence-electron chi connectivity index (χ4n) is 2.18. The summed E-state index contributed by atoms with van der Waals surface area (Å²) in [7, 11) is 3.60. The molecule has 0 spiro atoms. The van der Waals surface area contributed by atoms with Gasteiger partial charge in [-0.1, -0.05) is 11.8 Å². The number of halogens is 2. The largest absolute Gasteiger partial charge is 0.435 e. The van der Waals surface area contributed by atoms with Crippen LogP contribution in [-0.4, -0.2) is 50.5 Å². The van der Waals surface area contributed by atoms with E-state index < -0.39 is 6.61 Å². The SMILES string of the molecule is CN(C)c1nc(N)nc(CSc2nnc(-c3ccc(OC(F)F)cc3)n2N)n1. The predicted octanol–water partition coefficient (Wildman–Crippen LogP) is 1.39. The van der Waals surface area contributed by atoms with Gasteiger partial charge in [0, 0.05) is 19.7 Å². The molecule has 1 aromatic carbocycles. The molecule has 0 bridgehead atoms. The van der Waals surface area contributed by atoms with Crippen molar-refractivity contribution in [2.24, 2.45) is 0 Å². The van der Waals surface area contributed by atoms with E-state index in [0.29, 0.717) is 34.1 Å². The molecule has 0 aliphatic carbocycles. The first-order valence-corrected chi connectivity index (χ1v) is 8.88. The first-order chi connectivity index (χ1) is 13.3. The number of rotatable bonds is 7. The molecule has 148 valence electrons. The number of nitrogens with zero attached hydrogens (tertiary/aromatic N) is 7. The highest BCUT2D eigenvalue weighted by molar-refractivity contribution is 7.98. The number of alkyl halides is 2. The average Bonchev–Trinajstić information content (AvgIpc) is 3.00. The monoisotopic (exact) mass is 409 g/mol. The highest BCUT2D eigenvalue weighted by Gasteiger charge is 2.14. The van der Waals surface area contributed by atoms with Gasteiger partial charge in [0.2, 0.25) is 17.1 Å². The molecule has 0 saturated carbocycles. The van der Waals surface area contributed by atoms with Crippen LogP contribution in [0.15, 0.2) is 29.4 Å². The number of benzene rings is 1. The van der Waals surface area contributed by atoms with Crippen LogP contribution in [-0.2, 0) is 5.75 Å². The quantitative estimate of drug-likeness (QED) is 0.435. The molecule has 13 heteroatoms. The highest BCUT2D eigenvalue weighted by atomic mass is 32.2. The van der Waals surface area contributed by atoms with Gasteiger partial charge in [-0.3, -0.25) is 0 Å². The molecule has 4 N–H and O–H groups in total. The molecule has 3 aromatic rings. The van der Waals surface area contributed by atoms with E-state index in [9.17, 15) is 8.78 Å². The third-order valence-electron chi connectivity index (χ3n) is 3.42. The van der Waals surface area contributed by atoms with Crippen LogP contribution < -0.4 is 21.2 Å². The van der Waals surface area contributed by atoms with Crippen molar-refractivity contribution < 1.29 is 13.5 Å². The number of hydrogen-bond acceptors (Lipinski definition) is 10. The lowest BCUT2D eigenvalue weighted by Gasteiger charge is -2.11. The van der Waals surface area contributed by atoms with Gasteiger partial charge in [-0.2, -0.15) is 23.7 Å². The van der Waals surface area contributed by atoms with E-state index in [1.807, 2.05) is 0 Å². The van der Waals surface area contributed by atoms with Crippen molar-refractivity contribution in [2.45, 2.75) is 17.5 Å². The minimum Gasteiger partial charge on any atom is -0.435 e. The Morgan fingerprint density at radius 2 is 1.86 bits per heavy atom. The first-order valence-electron chi connectivity index (χ1n) is 7.89. The van der Waals surface area contributed by atoms with Crippen LogP contribution in [0.4, 0.5) is 20.7 Å². The van der Waals surface area contributed by atoms with Gasteiger partial charge in [0.1, 0.15) is 11.6 Å². The summed E-state index contributed by atoms with van der Waals surface area (Å²) in [6.45, 7) is -2.88. The summed E-state index contributed by atoms with van der Waals surface area (Å²) in [5, 5.41) is 8.51. The summed E-state index contributed by atoms with van der Waals surface area (Å²) >= 11 is 1.27. The van der Waals surface area contributed by atoms with Crippen LogP contribution in [0.1, 0.15) is 5.82 Å². The first kappa shape index (κ1) is 19.5. The molecule has 0 aliphatic heterocycles. The topological polar surface area (TPSA) is 134 Å². The lowest BCUT2D eigenvalue weighted by molar-refractivity contribution is -0.0498. The van der Waals surface area contributed by atoms with Crippen molar-refractivity contribution in [1.29, 1.82) is 0 Å². The maximum atomic E-state index is 12.2. The van der Waals surface area contributed by atoms with Gasteiger partial charge < -0.3 is 21.2 Å². The third kappa shape index (κ3) is 4.54. The number of anilines is 2. The second-order valence-electron chi connectivity index (χ2n) is 5.67. The van der Waals surface area contributed by atoms with E-state index in [0.717, 1.165) is 0 Å². The highest BCUT2D eigenvalue weighted by Crippen LogP contribution is 2.25. The van der Waals surface area contributed by atoms with Crippen molar-refractivity contribution >= 4 is 23.7 Å². The molecule has 0 aliphatic rings. The molecular formula is C15H17F2N9OS. The summed E-state index contributed by atoms with van der Waals surface area (Å²) in [5.41, 5.74) is 6.31. The molecule has 10 nitrogen and oxygen atoms in total. The lowest BCUT2D eigenvalue weighted by atomic mass is 10.2. The van der Waals surface area contributed by atoms with Gasteiger partial charge in [-0.15, -0.1) is 10.2 Å². The van der Waals surface area contributed by atoms with E-state index >= 15 is 0 Å². The minimum absolute atomic E-state index is 0.0422. The fourth-order valence-corrected chi connectivity index (χ4v) is 2.89. The fraction of sp³-hybridized carbons (Fsp3) is 0.267. The Bertz CT molecular complexity index is 949. The van der Waals surface area contributed by atoms with Crippen LogP contribution in [0, 0.1) is 0 Å². The second kappa shape index (κ2) is 8.21. The van der Waals surface area contributed by atoms with Crippen molar-refractivity contribution in [3.8, 4) is 17.1 Å². The molecule has 2 aromatic heterocycles. The number of hydrogen-bond donors (Lipinski definition) is 2. The van der Waals surface area contributed by atoms with Gasteiger partial charge in [0.25, 0.3) is 0 Å². The van der Waals surface area contributed by atoms with Crippen LogP contribution in [0.25, 0.3) is 11.4 Å². The summed E-state index contributed by atoms with van der Waals surface area (Å²) in [6, 6.07) is 5.93. The minimum atomic E-state index is -2.88. The molecule has 0 atom stereocenters. The van der Waals surface area contributed by atoms with Gasteiger partial charge in [-0.25, -0.2) is 4.68 Å². The molecule has 0 fully saturated rings. The second-order valence-corrected chi connectivity index (χ2v) is 6.61. The number of nitrogen functional groups attached to an aromatic ring is 2. The Morgan fingerprint density at radius 3 is 2.50 bits per heavy atom. The van der Waals surface area contributed by atoms with Gasteiger partial charge in [-0.05, 0) is 24.3 Å². The predicted molar refractivity (Wildman–Crippen MR) is 100 cm³/mol. The molecule has 3 rings (SSSR count). The van der Waals surface area contributed by atoms with Crippen molar-refractivity contribution in [1.82, 2.24) is 29.8 Å². The Hall–Kier alpha value is -3.22. The Labute approximate surface area is 162 Å². The van der Waals surface area contributed by atoms with E-state index in [1.165, 1.54) is 28.6 Å². The molecule has 0 saturated heterocycles. The summed E-state index contributed by atoms with van der Waals surface area (Å²) < 4.78 is 30.1. The number of thioether (sulfide) groups is 1. The van der Waals surface area contributed by atoms with Crippen LogP contribution in [0.2, 0.25) is 0 Å². The number of nitrogens with two attached hydrogens (primary N) is 2. The molecule has 0 radical (unpaired) electrons. The maximum absolute atomic E-state index is 12.2. The van der Waals surface area contributed by atoms with Crippen molar-refractivity contribution in [2.75, 3.05) is 30.6 Å².